The predicted octanol–water partition coefficient (Wildman–Crippen LogP) is 3.53. The molecule has 1 unspecified atom stereocenters. The van der Waals surface area contributed by atoms with Gasteiger partial charge >= 0.3 is 6.18 Å². The number of hydrogen-bond donors (Lipinski definition) is 1. The fraction of sp³-hybridized carbons (Fsp3) is 0.440. The Morgan fingerprint density at radius 2 is 1.94 bits per heavy atom. The monoisotopic (exact) mass is 485 g/mol. The van der Waals surface area contributed by atoms with E-state index in [4.69, 9.17) is 5.26 Å². The molecule has 10 heteroatoms. The second kappa shape index (κ2) is 9.21. The number of halogens is 3. The van der Waals surface area contributed by atoms with Crippen molar-refractivity contribution in [1.82, 2.24) is 15.2 Å². The molecule has 7 nitrogen and oxygen atoms in total. The highest BCUT2D eigenvalue weighted by Crippen LogP contribution is 2.45. The van der Waals surface area contributed by atoms with E-state index in [-0.39, 0.29) is 17.2 Å². The van der Waals surface area contributed by atoms with Gasteiger partial charge in [0.25, 0.3) is 5.91 Å². The lowest BCUT2D eigenvalue weighted by Crippen LogP contribution is -2.45. The number of alkyl halides is 3. The van der Waals surface area contributed by atoms with E-state index < -0.39 is 23.3 Å². The molecule has 184 valence electrons. The lowest BCUT2D eigenvalue weighted by atomic mass is 9.76. The van der Waals surface area contributed by atoms with Crippen molar-refractivity contribution in [2.45, 2.75) is 38.4 Å². The average molecular weight is 486 g/mol. The van der Waals surface area contributed by atoms with Gasteiger partial charge in [-0.15, -0.1) is 0 Å². The van der Waals surface area contributed by atoms with Crippen LogP contribution >= 0.6 is 0 Å². The van der Waals surface area contributed by atoms with Crippen LogP contribution in [0.3, 0.4) is 0 Å². The number of rotatable bonds is 3. The Hall–Kier alpha value is -3.61. The number of aryl methyl sites for hydroxylation is 1. The van der Waals surface area contributed by atoms with Crippen molar-refractivity contribution in [1.29, 1.82) is 5.26 Å². The predicted molar refractivity (Wildman–Crippen MR) is 123 cm³/mol. The van der Waals surface area contributed by atoms with Crippen molar-refractivity contribution in [2.24, 2.45) is 5.41 Å². The number of piperidine rings is 1. The van der Waals surface area contributed by atoms with E-state index in [9.17, 15) is 22.8 Å². The molecule has 1 aromatic carbocycles. The number of hydrogen-bond acceptors (Lipinski definition) is 5. The number of carbonyl (C=O) groups excluding carboxylic acids is 2. The van der Waals surface area contributed by atoms with Gasteiger partial charge in [0.05, 0.1) is 17.2 Å². The number of benzene rings is 1. The lowest BCUT2D eigenvalue weighted by Gasteiger charge is -2.40. The fourth-order valence-electron chi connectivity index (χ4n) is 5.18. The molecule has 1 spiro atoms. The van der Waals surface area contributed by atoms with Crippen molar-refractivity contribution >= 4 is 17.5 Å². The smallest absolute Gasteiger partial charge is 0.371 e. The minimum Gasteiger partial charge on any atom is -0.371 e. The first-order valence-electron chi connectivity index (χ1n) is 11.4. The number of likely N-dealkylation sites (N-methyl/N-ethyl adjacent to an activating group) is 1. The number of aromatic nitrogens is 1. The third kappa shape index (κ3) is 4.67. The van der Waals surface area contributed by atoms with Crippen LogP contribution in [0.4, 0.5) is 18.9 Å². The number of likely N-dealkylation sites (tertiary alicyclic amines) is 1. The highest BCUT2D eigenvalue weighted by Gasteiger charge is 2.50. The molecular formula is C25H26F3N5O2. The summed E-state index contributed by atoms with van der Waals surface area (Å²) in [7, 11) is 1.54. The first-order chi connectivity index (χ1) is 16.6. The zero-order chi connectivity index (χ0) is 25.4. The number of nitriles is 1. The Labute approximate surface area is 201 Å². The summed E-state index contributed by atoms with van der Waals surface area (Å²) in [6.45, 7) is 3.14. The second-order valence-corrected chi connectivity index (χ2v) is 9.26. The maximum Gasteiger partial charge on any atom is 0.417 e. The van der Waals surface area contributed by atoms with Crippen LogP contribution in [0.15, 0.2) is 36.5 Å². The van der Waals surface area contributed by atoms with E-state index in [1.54, 1.807) is 36.2 Å². The van der Waals surface area contributed by atoms with E-state index in [1.165, 1.54) is 19.2 Å². The summed E-state index contributed by atoms with van der Waals surface area (Å²) in [5, 5.41) is 11.7. The molecule has 0 bridgehead atoms. The Balaban J connectivity index is 1.54. The molecule has 3 heterocycles. The summed E-state index contributed by atoms with van der Waals surface area (Å²) < 4.78 is 40.2. The average Bonchev–Trinajstić information content (AvgIpc) is 3.22. The normalized spacial score (nSPS) is 19.5. The van der Waals surface area contributed by atoms with Gasteiger partial charge in [0.1, 0.15) is 11.7 Å². The lowest BCUT2D eigenvalue weighted by molar-refractivity contribution is -0.137. The second-order valence-electron chi connectivity index (χ2n) is 9.26. The molecule has 2 saturated heterocycles. The SMILES string of the molecule is CNC(=O)C1CC2(CCN(c3ccc(C#N)c(C(F)(F)F)c3)CC2)CN1C(=O)c1ncccc1C. The molecule has 4 rings (SSSR count). The summed E-state index contributed by atoms with van der Waals surface area (Å²) in [5.41, 5.74) is -0.216. The van der Waals surface area contributed by atoms with Gasteiger partial charge in [-0.3, -0.25) is 14.6 Å². The molecule has 0 aliphatic carbocycles. The van der Waals surface area contributed by atoms with Gasteiger partial charge in [0.2, 0.25) is 5.91 Å². The topological polar surface area (TPSA) is 89.3 Å². The number of amides is 2. The molecule has 2 aliphatic heterocycles. The Bertz CT molecular complexity index is 1180. The number of anilines is 1. The van der Waals surface area contributed by atoms with Crippen LogP contribution < -0.4 is 10.2 Å². The summed E-state index contributed by atoms with van der Waals surface area (Å²) in [5.74, 6) is -0.536. The highest BCUT2D eigenvalue weighted by molar-refractivity contribution is 5.97. The summed E-state index contributed by atoms with van der Waals surface area (Å²) in [6, 6.07) is 8.28. The van der Waals surface area contributed by atoms with Crippen LogP contribution in [0.5, 0.6) is 0 Å². The van der Waals surface area contributed by atoms with Crippen molar-refractivity contribution in [3.05, 3.63) is 58.9 Å². The van der Waals surface area contributed by atoms with Crippen LogP contribution in [0.2, 0.25) is 0 Å². The van der Waals surface area contributed by atoms with Gasteiger partial charge in [-0.2, -0.15) is 18.4 Å². The third-order valence-corrected chi connectivity index (χ3v) is 7.15. The molecule has 2 fully saturated rings. The van der Waals surface area contributed by atoms with Gasteiger partial charge in [-0.05, 0) is 61.4 Å². The molecule has 0 saturated carbocycles. The van der Waals surface area contributed by atoms with Crippen molar-refractivity contribution < 1.29 is 22.8 Å². The summed E-state index contributed by atoms with van der Waals surface area (Å²) in [4.78, 5) is 33.7. The number of nitrogens with zero attached hydrogens (tertiary/aromatic N) is 4. The van der Waals surface area contributed by atoms with E-state index in [0.29, 0.717) is 50.3 Å². The van der Waals surface area contributed by atoms with Gasteiger partial charge in [0, 0.05) is 38.6 Å². The van der Waals surface area contributed by atoms with Crippen LogP contribution in [0.25, 0.3) is 0 Å². The van der Waals surface area contributed by atoms with Crippen LogP contribution in [-0.2, 0) is 11.0 Å². The van der Waals surface area contributed by atoms with Gasteiger partial charge < -0.3 is 15.1 Å². The van der Waals surface area contributed by atoms with E-state index in [2.05, 4.69) is 10.3 Å². The Kier molecular flexibility index (Phi) is 6.45. The molecule has 35 heavy (non-hydrogen) atoms. The molecule has 2 aromatic rings. The molecule has 2 aliphatic rings. The number of carbonyl (C=O) groups is 2. The van der Waals surface area contributed by atoms with Crippen LogP contribution in [0, 0.1) is 23.7 Å². The van der Waals surface area contributed by atoms with E-state index >= 15 is 0 Å². The van der Waals surface area contributed by atoms with Gasteiger partial charge in [-0.25, -0.2) is 0 Å². The first kappa shape index (κ1) is 24.5. The standard InChI is InChI=1S/C25H26F3N5O2/c1-16-4-3-9-31-21(16)23(35)33-15-24(13-20(33)22(34)30-2)7-10-32(11-8-24)18-6-5-17(14-29)19(12-18)25(26,27)28/h3-6,9,12,20H,7-8,10-11,13,15H2,1-2H3,(H,30,34). The Morgan fingerprint density at radius 3 is 2.54 bits per heavy atom. The van der Waals surface area contributed by atoms with Crippen LogP contribution in [0.1, 0.15) is 46.4 Å². The highest BCUT2D eigenvalue weighted by atomic mass is 19.4. The molecule has 1 aromatic heterocycles. The molecule has 0 radical (unpaired) electrons. The van der Waals surface area contributed by atoms with Gasteiger partial charge in [-0.1, -0.05) is 6.07 Å². The molecule has 1 N–H and O–H groups in total. The summed E-state index contributed by atoms with van der Waals surface area (Å²) >= 11 is 0. The largest absolute Gasteiger partial charge is 0.417 e. The Morgan fingerprint density at radius 1 is 1.23 bits per heavy atom. The maximum absolute atomic E-state index is 13.4. The van der Waals surface area contributed by atoms with Crippen molar-refractivity contribution in [2.75, 3.05) is 31.6 Å². The maximum atomic E-state index is 13.4. The number of nitrogens with one attached hydrogen (secondary N) is 1. The number of pyridine rings is 1. The zero-order valence-corrected chi connectivity index (χ0v) is 19.5. The minimum absolute atomic E-state index is 0.242. The van der Waals surface area contributed by atoms with Gasteiger partial charge in [0.15, 0.2) is 0 Å². The van der Waals surface area contributed by atoms with Crippen LogP contribution in [-0.4, -0.2) is 54.4 Å². The molecular weight excluding hydrogens is 459 g/mol. The summed E-state index contributed by atoms with van der Waals surface area (Å²) in [6.07, 6.45) is -1.35. The van der Waals surface area contributed by atoms with Crippen molar-refractivity contribution in [3.8, 4) is 6.07 Å². The zero-order valence-electron chi connectivity index (χ0n) is 19.5. The third-order valence-electron chi connectivity index (χ3n) is 7.15. The van der Waals surface area contributed by atoms with Crippen molar-refractivity contribution in [3.63, 3.8) is 0 Å². The van der Waals surface area contributed by atoms with E-state index in [1.807, 2.05) is 4.90 Å². The molecule has 2 amide bonds. The van der Waals surface area contributed by atoms with E-state index in [0.717, 1.165) is 11.6 Å². The fourth-order valence-corrected chi connectivity index (χ4v) is 5.18. The quantitative estimate of drug-likeness (QED) is 0.719. The minimum atomic E-state index is -4.62. The first-order valence-corrected chi connectivity index (χ1v) is 11.4. The molecule has 1 atom stereocenters.